The number of carbonyl (C=O) groups is 1. The minimum atomic E-state index is 0.0984. The highest BCUT2D eigenvalue weighted by Gasteiger charge is 2.30. The van der Waals surface area contributed by atoms with Crippen LogP contribution >= 0.6 is 15.9 Å². The second-order valence-corrected chi connectivity index (χ2v) is 6.48. The van der Waals surface area contributed by atoms with Crippen molar-refractivity contribution >= 4 is 21.8 Å². The maximum Gasteiger partial charge on any atom is 0.257 e. The second-order valence-electron chi connectivity index (χ2n) is 5.30. The number of carbonyl (C=O) groups excluding carboxylic acids is 1. The first kappa shape index (κ1) is 14.6. The number of amides is 1. The van der Waals surface area contributed by atoms with E-state index in [1.54, 1.807) is 4.68 Å². The van der Waals surface area contributed by atoms with Gasteiger partial charge in [-0.1, -0.05) is 35.7 Å². The van der Waals surface area contributed by atoms with Crippen molar-refractivity contribution < 1.29 is 4.79 Å². The highest BCUT2D eigenvalue weighted by molar-refractivity contribution is 9.09. The van der Waals surface area contributed by atoms with Crippen LogP contribution in [0.25, 0.3) is 0 Å². The van der Waals surface area contributed by atoms with E-state index in [0.29, 0.717) is 10.9 Å². The first-order valence-electron chi connectivity index (χ1n) is 6.98. The average molecular weight is 328 g/mol. The lowest BCUT2D eigenvalue weighted by Gasteiger charge is -2.35. The van der Waals surface area contributed by atoms with Crippen molar-refractivity contribution in [3.8, 4) is 0 Å². The van der Waals surface area contributed by atoms with Crippen molar-refractivity contribution in [1.29, 1.82) is 0 Å². The molecule has 0 radical (unpaired) electrons. The van der Waals surface area contributed by atoms with Crippen LogP contribution in [-0.2, 0) is 13.5 Å². The Morgan fingerprint density at radius 2 is 2.21 bits per heavy atom. The van der Waals surface area contributed by atoms with Crippen LogP contribution < -0.4 is 0 Å². The van der Waals surface area contributed by atoms with Gasteiger partial charge in [0, 0.05) is 31.2 Å². The summed E-state index contributed by atoms with van der Waals surface area (Å²) in [6.07, 6.45) is 7.32. The van der Waals surface area contributed by atoms with E-state index in [-0.39, 0.29) is 5.91 Å². The number of nitrogens with zero attached hydrogens (tertiary/aromatic N) is 3. The molecule has 1 saturated carbocycles. The first-order valence-corrected chi connectivity index (χ1v) is 7.90. The number of rotatable bonds is 3. The summed E-state index contributed by atoms with van der Waals surface area (Å²) in [5, 5.41) is 4.35. The smallest absolute Gasteiger partial charge is 0.257 e. The third-order valence-electron chi connectivity index (χ3n) is 3.94. The highest BCUT2D eigenvalue weighted by Crippen LogP contribution is 2.29. The molecule has 1 amide bonds. The number of hydrogen-bond acceptors (Lipinski definition) is 2. The molecule has 0 saturated heterocycles. The first-order chi connectivity index (χ1) is 9.04. The molecule has 1 aromatic heterocycles. The van der Waals surface area contributed by atoms with E-state index < -0.39 is 0 Å². The highest BCUT2D eigenvalue weighted by atomic mass is 79.9. The Kier molecular flexibility index (Phi) is 4.66. The zero-order valence-electron chi connectivity index (χ0n) is 11.9. The van der Waals surface area contributed by atoms with Crippen LogP contribution in [0.1, 0.15) is 48.7 Å². The Morgan fingerprint density at radius 1 is 1.53 bits per heavy atom. The Morgan fingerprint density at radius 3 is 2.84 bits per heavy atom. The van der Waals surface area contributed by atoms with Crippen LogP contribution in [0.2, 0.25) is 0 Å². The van der Waals surface area contributed by atoms with Crippen molar-refractivity contribution in [2.24, 2.45) is 7.05 Å². The SMILES string of the molecule is CCc1nn(C)cc1C(=O)N(C)C1CCCCC1Br. The number of halogens is 1. The Bertz CT molecular complexity index is 458. The molecule has 0 bridgehead atoms. The predicted octanol–water partition coefficient (Wildman–Crippen LogP) is 2.76. The van der Waals surface area contributed by atoms with E-state index in [4.69, 9.17) is 0 Å². The van der Waals surface area contributed by atoms with Crippen LogP contribution in [0.3, 0.4) is 0 Å². The molecule has 2 rings (SSSR count). The molecule has 2 atom stereocenters. The van der Waals surface area contributed by atoms with E-state index in [0.717, 1.165) is 30.5 Å². The van der Waals surface area contributed by atoms with E-state index in [9.17, 15) is 4.79 Å². The zero-order chi connectivity index (χ0) is 14.0. The molecule has 1 aliphatic carbocycles. The van der Waals surface area contributed by atoms with Gasteiger partial charge < -0.3 is 4.90 Å². The van der Waals surface area contributed by atoms with E-state index >= 15 is 0 Å². The molecule has 19 heavy (non-hydrogen) atoms. The van der Waals surface area contributed by atoms with Gasteiger partial charge in [0.1, 0.15) is 0 Å². The van der Waals surface area contributed by atoms with Gasteiger partial charge in [0.2, 0.25) is 0 Å². The zero-order valence-corrected chi connectivity index (χ0v) is 13.5. The molecular formula is C14H22BrN3O. The molecule has 1 heterocycles. The quantitative estimate of drug-likeness (QED) is 0.800. The van der Waals surface area contributed by atoms with Gasteiger partial charge in [-0.3, -0.25) is 9.48 Å². The normalized spacial score (nSPS) is 23.4. The van der Waals surface area contributed by atoms with E-state index in [1.165, 1.54) is 12.8 Å². The van der Waals surface area contributed by atoms with Crippen molar-refractivity contribution in [3.63, 3.8) is 0 Å². The number of aromatic nitrogens is 2. The van der Waals surface area contributed by atoms with Crippen LogP contribution in [-0.4, -0.2) is 38.5 Å². The molecule has 1 aromatic rings. The monoisotopic (exact) mass is 327 g/mol. The number of alkyl halides is 1. The summed E-state index contributed by atoms with van der Waals surface area (Å²) in [4.78, 5) is 14.9. The van der Waals surface area contributed by atoms with E-state index in [2.05, 4.69) is 21.0 Å². The summed E-state index contributed by atoms with van der Waals surface area (Å²) in [5.74, 6) is 0.0984. The van der Waals surface area contributed by atoms with Crippen molar-refractivity contribution in [1.82, 2.24) is 14.7 Å². The van der Waals surface area contributed by atoms with Crippen LogP contribution in [0.5, 0.6) is 0 Å². The molecular weight excluding hydrogens is 306 g/mol. The van der Waals surface area contributed by atoms with Gasteiger partial charge in [0.25, 0.3) is 5.91 Å². The Labute approximate surface area is 123 Å². The van der Waals surface area contributed by atoms with Gasteiger partial charge in [-0.05, 0) is 19.3 Å². The maximum atomic E-state index is 12.6. The van der Waals surface area contributed by atoms with Crippen molar-refractivity contribution in [2.45, 2.75) is 49.9 Å². The molecule has 1 fully saturated rings. The molecule has 0 spiro atoms. The van der Waals surface area contributed by atoms with Crippen LogP contribution in [0.15, 0.2) is 6.20 Å². The minimum Gasteiger partial charge on any atom is -0.337 e. The second kappa shape index (κ2) is 6.07. The molecule has 4 nitrogen and oxygen atoms in total. The predicted molar refractivity (Wildman–Crippen MR) is 79.7 cm³/mol. The Balaban J connectivity index is 2.18. The minimum absolute atomic E-state index is 0.0984. The molecule has 5 heteroatoms. The van der Waals surface area contributed by atoms with Crippen LogP contribution in [0.4, 0.5) is 0 Å². The largest absolute Gasteiger partial charge is 0.337 e. The lowest BCUT2D eigenvalue weighted by molar-refractivity contribution is 0.0703. The maximum absolute atomic E-state index is 12.6. The topological polar surface area (TPSA) is 38.1 Å². The summed E-state index contributed by atoms with van der Waals surface area (Å²) in [6.45, 7) is 2.03. The Hall–Kier alpha value is -0.840. The third-order valence-corrected chi connectivity index (χ3v) is 5.00. The fourth-order valence-corrected chi connectivity index (χ4v) is 3.76. The molecule has 106 valence electrons. The molecule has 0 aromatic carbocycles. The lowest BCUT2D eigenvalue weighted by atomic mass is 9.94. The van der Waals surface area contributed by atoms with Crippen molar-refractivity contribution in [3.05, 3.63) is 17.5 Å². The van der Waals surface area contributed by atoms with Gasteiger partial charge in [0.05, 0.1) is 11.3 Å². The van der Waals surface area contributed by atoms with Gasteiger partial charge in [0.15, 0.2) is 0 Å². The fraction of sp³-hybridized carbons (Fsp3) is 0.714. The van der Waals surface area contributed by atoms with E-state index in [1.807, 2.05) is 32.1 Å². The number of hydrogen-bond donors (Lipinski definition) is 0. The lowest BCUT2D eigenvalue weighted by Crippen LogP contribution is -2.44. The van der Waals surface area contributed by atoms with Gasteiger partial charge >= 0.3 is 0 Å². The summed E-state index contributed by atoms with van der Waals surface area (Å²) in [7, 11) is 3.78. The fourth-order valence-electron chi connectivity index (χ4n) is 2.82. The third kappa shape index (κ3) is 3.02. The molecule has 0 aliphatic heterocycles. The van der Waals surface area contributed by atoms with Crippen LogP contribution in [0, 0.1) is 0 Å². The van der Waals surface area contributed by atoms with Gasteiger partial charge in [-0.15, -0.1) is 0 Å². The summed E-state index contributed by atoms with van der Waals surface area (Å²) >= 11 is 3.72. The summed E-state index contributed by atoms with van der Waals surface area (Å²) in [6, 6.07) is 0.297. The van der Waals surface area contributed by atoms with Crippen molar-refractivity contribution in [2.75, 3.05) is 7.05 Å². The summed E-state index contributed by atoms with van der Waals surface area (Å²) in [5.41, 5.74) is 1.64. The van der Waals surface area contributed by atoms with Gasteiger partial charge in [-0.2, -0.15) is 5.10 Å². The molecule has 0 N–H and O–H groups in total. The number of aryl methyl sites for hydroxylation is 2. The van der Waals surface area contributed by atoms with Gasteiger partial charge in [-0.25, -0.2) is 0 Å². The molecule has 2 unspecified atom stereocenters. The standard InChI is InChI=1S/C14H22BrN3O/c1-4-12-10(9-17(2)16-12)14(19)18(3)13-8-6-5-7-11(13)15/h9,11,13H,4-8H2,1-3H3. The average Bonchev–Trinajstić information content (AvgIpc) is 2.79. The molecule has 1 aliphatic rings. The summed E-state index contributed by atoms with van der Waals surface area (Å²) < 4.78 is 1.73.